The van der Waals surface area contributed by atoms with Crippen molar-refractivity contribution in [1.82, 2.24) is 0 Å². The van der Waals surface area contributed by atoms with Crippen LogP contribution >= 0.6 is 0 Å². The monoisotopic (exact) mass is 186 g/mol. The average molecular weight is 186 g/mol. The number of hydrogen-bond acceptors (Lipinski definition) is 3. The number of hydrogen-bond donors (Lipinski definition) is 2. The molecule has 0 aliphatic heterocycles. The van der Waals surface area contributed by atoms with Gasteiger partial charge < -0.3 is 14.7 Å². The lowest BCUT2D eigenvalue weighted by molar-refractivity contribution is 0.271. The summed E-state index contributed by atoms with van der Waals surface area (Å²) in [6.07, 6.45) is 2.32. The predicted octanol–water partition coefficient (Wildman–Crippen LogP) is 0.591. The Kier molecular flexibility index (Phi) is 4.39. The van der Waals surface area contributed by atoms with Gasteiger partial charge in [-0.15, -0.1) is 0 Å². The van der Waals surface area contributed by atoms with Crippen LogP contribution in [-0.4, -0.2) is 25.4 Å². The fourth-order valence-electron chi connectivity index (χ4n) is 0.358. The van der Waals surface area contributed by atoms with Crippen molar-refractivity contribution in [3.05, 3.63) is 0 Å². The van der Waals surface area contributed by atoms with E-state index in [1.807, 2.05) is 0 Å². The molecule has 0 aromatic heterocycles. The summed E-state index contributed by atoms with van der Waals surface area (Å²) < 4.78 is 4.31. The fourth-order valence-corrected chi connectivity index (χ4v) is 0.969. The minimum atomic E-state index is -1.78. The average Bonchev–Trinajstić information content (AvgIpc) is 1.85. The van der Waals surface area contributed by atoms with Crippen LogP contribution in [-0.2, 0) is 4.65 Å². The molecule has 3 nitrogen and oxygen atoms in total. The molecule has 0 aliphatic carbocycles. The zero-order valence-electron chi connectivity index (χ0n) is 7.96. The van der Waals surface area contributed by atoms with Gasteiger partial charge >= 0.3 is 7.32 Å². The zero-order valence-corrected chi connectivity index (χ0v) is 8.96. The van der Waals surface area contributed by atoms with Gasteiger partial charge in [0.25, 0.3) is 0 Å². The molecule has 0 bridgehead atoms. The molecule has 5 heteroatoms. The van der Waals surface area contributed by atoms with E-state index >= 15 is 0 Å². The van der Waals surface area contributed by atoms with Crippen molar-refractivity contribution in [2.24, 2.45) is 0 Å². The van der Waals surface area contributed by atoms with Gasteiger partial charge in [-0.1, -0.05) is 32.5 Å². The van der Waals surface area contributed by atoms with E-state index in [0.29, 0.717) is 5.54 Å². The first-order chi connectivity index (χ1) is 5.36. The van der Waals surface area contributed by atoms with Crippen molar-refractivity contribution < 1.29 is 14.7 Å². The normalized spacial score (nSPS) is 10.6. The third-order valence-electron chi connectivity index (χ3n) is 1.98. The topological polar surface area (TPSA) is 49.7 Å². The second-order valence-corrected chi connectivity index (χ2v) is 8.40. The van der Waals surface area contributed by atoms with E-state index in [1.54, 1.807) is 0 Å². The van der Waals surface area contributed by atoms with Crippen LogP contribution in [0.3, 0.4) is 0 Å². The van der Waals surface area contributed by atoms with Crippen LogP contribution in [0.25, 0.3) is 0 Å². The highest BCUT2D eigenvalue weighted by Crippen LogP contribution is 2.18. The second-order valence-electron chi connectivity index (χ2n) is 3.55. The van der Waals surface area contributed by atoms with E-state index in [9.17, 15) is 0 Å². The predicted molar refractivity (Wildman–Crippen MR) is 51.6 cm³/mol. The van der Waals surface area contributed by atoms with Gasteiger partial charge in [0.1, 0.15) is 8.07 Å². The summed E-state index contributed by atoms with van der Waals surface area (Å²) in [7, 11) is -3.34. The third kappa shape index (κ3) is 4.44. The molecule has 0 spiro atoms. The minimum absolute atomic E-state index is 0.532. The summed E-state index contributed by atoms with van der Waals surface area (Å²) in [5.41, 5.74) is 3.47. The highest BCUT2D eigenvalue weighted by Gasteiger charge is 2.23. The Balaban J connectivity index is 4.09. The van der Waals surface area contributed by atoms with Crippen molar-refractivity contribution >= 4 is 15.4 Å². The third-order valence-corrected chi connectivity index (χ3v) is 5.61. The SMILES string of the molecule is CC(C)[Si](C)(C)C#COB(O)O. The van der Waals surface area contributed by atoms with Crippen LogP contribution in [0.5, 0.6) is 0 Å². The largest absolute Gasteiger partial charge is 0.716 e. The van der Waals surface area contributed by atoms with Crippen molar-refractivity contribution in [3.63, 3.8) is 0 Å². The van der Waals surface area contributed by atoms with Gasteiger partial charge in [-0.25, -0.2) is 0 Å². The van der Waals surface area contributed by atoms with Gasteiger partial charge in [-0.3, -0.25) is 0 Å². The summed E-state index contributed by atoms with van der Waals surface area (Å²) >= 11 is 0. The molecule has 0 radical (unpaired) electrons. The first kappa shape index (κ1) is 11.6. The van der Waals surface area contributed by atoms with Gasteiger partial charge in [-0.2, -0.15) is 0 Å². The fraction of sp³-hybridized carbons (Fsp3) is 0.714. The molecule has 0 rings (SSSR count). The van der Waals surface area contributed by atoms with Crippen LogP contribution in [0.2, 0.25) is 18.6 Å². The molecular weight excluding hydrogens is 171 g/mol. The molecule has 0 atom stereocenters. The van der Waals surface area contributed by atoms with E-state index in [2.05, 4.69) is 43.2 Å². The highest BCUT2D eigenvalue weighted by molar-refractivity contribution is 6.86. The Morgan fingerprint density at radius 2 is 1.83 bits per heavy atom. The van der Waals surface area contributed by atoms with Gasteiger partial charge in [0.05, 0.1) is 6.11 Å². The highest BCUT2D eigenvalue weighted by atomic mass is 28.3. The molecule has 0 amide bonds. The lowest BCUT2D eigenvalue weighted by atomic mass is 10.3. The van der Waals surface area contributed by atoms with Crippen LogP contribution in [0.4, 0.5) is 0 Å². The molecule has 0 saturated heterocycles. The smallest absolute Gasteiger partial charge is 0.463 e. The van der Waals surface area contributed by atoms with Crippen LogP contribution < -0.4 is 0 Å². The standard InChI is InChI=1S/C7H15BO3Si/c1-7(2)12(3,4)6-5-11-8(9)10/h7,9-10H,1-4H3. The molecule has 0 aromatic rings. The van der Waals surface area contributed by atoms with Gasteiger partial charge in [0.2, 0.25) is 0 Å². The van der Waals surface area contributed by atoms with E-state index in [0.717, 1.165) is 0 Å². The molecule has 0 aliphatic rings. The lowest BCUT2D eigenvalue weighted by Crippen LogP contribution is -2.28. The Labute approximate surface area is 74.9 Å². The molecule has 0 unspecified atom stereocenters. The van der Waals surface area contributed by atoms with Crippen molar-refractivity contribution in [2.45, 2.75) is 32.5 Å². The Bertz CT molecular complexity index is 193. The molecule has 0 heterocycles. The first-order valence-electron chi connectivity index (χ1n) is 3.90. The summed E-state index contributed by atoms with van der Waals surface area (Å²) in [5.74, 6) is 0. The first-order valence-corrected chi connectivity index (χ1v) is 6.98. The maximum Gasteiger partial charge on any atom is 0.716 e. The molecule has 2 N–H and O–H groups in total. The molecule has 12 heavy (non-hydrogen) atoms. The van der Waals surface area contributed by atoms with Gasteiger partial charge in [0, 0.05) is 0 Å². The Hall–Kier alpha value is -0.438. The van der Waals surface area contributed by atoms with Gasteiger partial charge in [-0.05, 0) is 5.54 Å². The summed E-state index contributed by atoms with van der Waals surface area (Å²) in [6, 6.07) is 0. The van der Waals surface area contributed by atoms with Crippen molar-refractivity contribution in [2.75, 3.05) is 0 Å². The zero-order chi connectivity index (χ0) is 9.78. The molecule has 68 valence electrons. The Morgan fingerprint density at radius 1 is 1.33 bits per heavy atom. The molecule has 0 saturated carbocycles. The van der Waals surface area contributed by atoms with Crippen molar-refractivity contribution in [1.29, 1.82) is 0 Å². The summed E-state index contributed by atoms with van der Waals surface area (Å²) in [5, 5.41) is 16.7. The van der Waals surface area contributed by atoms with E-state index in [-0.39, 0.29) is 0 Å². The van der Waals surface area contributed by atoms with Crippen LogP contribution in [0, 0.1) is 11.7 Å². The quantitative estimate of drug-likeness (QED) is 0.490. The van der Waals surface area contributed by atoms with E-state index in [1.165, 1.54) is 0 Å². The lowest BCUT2D eigenvalue weighted by Gasteiger charge is -2.18. The maximum atomic E-state index is 8.33. The summed E-state index contributed by atoms with van der Waals surface area (Å²) in [4.78, 5) is 0. The van der Waals surface area contributed by atoms with Crippen LogP contribution in [0.1, 0.15) is 13.8 Å². The van der Waals surface area contributed by atoms with Gasteiger partial charge in [0.15, 0.2) is 0 Å². The summed E-state index contributed by atoms with van der Waals surface area (Å²) in [6.45, 7) is 8.43. The molecular formula is C7H15BO3Si. The molecule has 0 fully saturated rings. The molecule has 0 aromatic carbocycles. The minimum Gasteiger partial charge on any atom is -0.463 e. The Morgan fingerprint density at radius 3 is 2.17 bits per heavy atom. The number of rotatable bonds is 2. The maximum absolute atomic E-state index is 8.33. The van der Waals surface area contributed by atoms with E-state index in [4.69, 9.17) is 10.0 Å². The van der Waals surface area contributed by atoms with Crippen LogP contribution in [0.15, 0.2) is 0 Å². The van der Waals surface area contributed by atoms with Crippen molar-refractivity contribution in [3.8, 4) is 11.7 Å². The van der Waals surface area contributed by atoms with E-state index < -0.39 is 15.4 Å². The second kappa shape index (κ2) is 4.55.